The van der Waals surface area contributed by atoms with Gasteiger partial charge in [-0.25, -0.2) is 25.3 Å². The summed E-state index contributed by atoms with van der Waals surface area (Å²) in [5.74, 6) is 0. The van der Waals surface area contributed by atoms with E-state index in [2.05, 4.69) is 5.32 Å². The van der Waals surface area contributed by atoms with E-state index in [1.165, 1.54) is 12.9 Å². The molecule has 0 amide bonds. The molecule has 44 heavy (non-hydrogen) atoms. The van der Waals surface area contributed by atoms with Crippen LogP contribution in [0.25, 0.3) is 0 Å². The second-order valence-corrected chi connectivity index (χ2v) is 16.7. The molecule has 1 aliphatic rings. The summed E-state index contributed by atoms with van der Waals surface area (Å²) >= 11 is 0. The molecular weight excluding hydrogens is 621 g/mol. The predicted molar refractivity (Wildman–Crippen MR) is 172 cm³/mol. The second kappa shape index (κ2) is 14.6. The maximum absolute atomic E-state index is 14.0. The number of hydrogen-bond donors (Lipinski definition) is 1. The molecule has 1 fully saturated rings. The van der Waals surface area contributed by atoms with Gasteiger partial charge in [0.1, 0.15) is 0 Å². The lowest BCUT2D eigenvalue weighted by Crippen LogP contribution is -2.44. The largest absolute Gasteiger partial charge is 0.315 e. The zero-order valence-electron chi connectivity index (χ0n) is 25.5. The number of aryl methyl sites for hydroxylation is 3. The molecule has 240 valence electrons. The molecule has 3 aromatic carbocycles. The fourth-order valence-electron chi connectivity index (χ4n) is 5.37. The van der Waals surface area contributed by atoms with Crippen LogP contribution in [0.2, 0.25) is 0 Å². The van der Waals surface area contributed by atoms with Gasteiger partial charge in [0.15, 0.2) is 0 Å². The Hall–Kier alpha value is -2.65. The third kappa shape index (κ3) is 7.76. The van der Waals surface area contributed by atoms with Crippen molar-refractivity contribution in [2.75, 3.05) is 52.4 Å². The van der Waals surface area contributed by atoms with E-state index in [0.717, 1.165) is 0 Å². The smallest absolute Gasteiger partial charge is 0.243 e. The molecule has 0 saturated carbocycles. The highest BCUT2D eigenvalue weighted by Crippen LogP contribution is 2.24. The molecule has 10 nitrogen and oxygen atoms in total. The molecule has 4 rings (SSSR count). The molecule has 1 aliphatic heterocycles. The standard InChI is InChI=1S/C31H42N4O6S3/c1-26-12-4-7-15-29(26)42(36,37)33-21-11-22-35(44(40,41)31-17-9-6-14-28(31)3)25-24-34(20-10-18-32-19-23-33)43(38,39)30-16-8-5-13-27(30)2/h4-9,12-17,32H,10-11,18-25H2,1-3H3. The van der Waals surface area contributed by atoms with Gasteiger partial charge in [0, 0.05) is 45.8 Å². The van der Waals surface area contributed by atoms with Gasteiger partial charge in [0.05, 0.1) is 14.7 Å². The number of rotatable bonds is 6. The highest BCUT2D eigenvalue weighted by atomic mass is 32.2. The van der Waals surface area contributed by atoms with Gasteiger partial charge < -0.3 is 5.32 Å². The summed E-state index contributed by atoms with van der Waals surface area (Å²) in [7, 11) is -11.8. The van der Waals surface area contributed by atoms with Crippen molar-refractivity contribution >= 4 is 30.1 Å². The van der Waals surface area contributed by atoms with Crippen LogP contribution in [0, 0.1) is 20.8 Å². The van der Waals surface area contributed by atoms with Gasteiger partial charge in [-0.3, -0.25) is 0 Å². The van der Waals surface area contributed by atoms with Gasteiger partial charge >= 0.3 is 0 Å². The first-order valence-electron chi connectivity index (χ1n) is 14.7. The Bertz CT molecular complexity index is 1760. The summed E-state index contributed by atoms with van der Waals surface area (Å²) in [5, 5.41) is 3.26. The van der Waals surface area contributed by atoms with Crippen molar-refractivity contribution in [2.45, 2.75) is 48.3 Å². The Labute approximate surface area is 262 Å². The van der Waals surface area contributed by atoms with E-state index in [4.69, 9.17) is 0 Å². The Balaban J connectivity index is 1.67. The lowest BCUT2D eigenvalue weighted by atomic mass is 10.2. The summed E-state index contributed by atoms with van der Waals surface area (Å²) in [6.45, 7) is 6.38. The monoisotopic (exact) mass is 662 g/mol. The topological polar surface area (TPSA) is 124 Å². The molecule has 1 heterocycles. The number of hydrogen-bond acceptors (Lipinski definition) is 7. The second-order valence-electron chi connectivity index (χ2n) is 11.0. The van der Waals surface area contributed by atoms with E-state index < -0.39 is 30.1 Å². The highest BCUT2D eigenvalue weighted by molar-refractivity contribution is 7.89. The third-order valence-electron chi connectivity index (χ3n) is 7.85. The van der Waals surface area contributed by atoms with E-state index in [0.29, 0.717) is 36.2 Å². The summed E-state index contributed by atoms with van der Waals surface area (Å²) in [4.78, 5) is 0.560. The number of benzene rings is 3. The van der Waals surface area contributed by atoms with Crippen molar-refractivity contribution in [3.05, 3.63) is 89.5 Å². The molecule has 0 aromatic heterocycles. The average molecular weight is 663 g/mol. The molecule has 13 heteroatoms. The van der Waals surface area contributed by atoms with Gasteiger partial charge in [-0.1, -0.05) is 54.6 Å². The molecule has 0 atom stereocenters. The van der Waals surface area contributed by atoms with Crippen molar-refractivity contribution in [3.8, 4) is 0 Å². The lowest BCUT2D eigenvalue weighted by molar-refractivity contribution is 0.317. The predicted octanol–water partition coefficient (Wildman–Crippen LogP) is 3.37. The number of sulfonamides is 3. The van der Waals surface area contributed by atoms with Gasteiger partial charge in [-0.05, 0) is 75.0 Å². The van der Waals surface area contributed by atoms with Crippen LogP contribution < -0.4 is 5.32 Å². The minimum atomic E-state index is -4.02. The van der Waals surface area contributed by atoms with E-state index >= 15 is 0 Å². The van der Waals surface area contributed by atoms with Crippen LogP contribution >= 0.6 is 0 Å². The van der Waals surface area contributed by atoms with E-state index in [9.17, 15) is 25.3 Å². The fourth-order valence-corrected chi connectivity index (χ4v) is 10.5. The highest BCUT2D eigenvalue weighted by Gasteiger charge is 2.31. The minimum Gasteiger partial charge on any atom is -0.315 e. The number of nitrogens with one attached hydrogen (secondary N) is 1. The van der Waals surface area contributed by atoms with Crippen LogP contribution in [0.5, 0.6) is 0 Å². The van der Waals surface area contributed by atoms with Crippen molar-refractivity contribution in [3.63, 3.8) is 0 Å². The normalized spacial score (nSPS) is 18.1. The fraction of sp³-hybridized carbons (Fsp3) is 0.419. The van der Waals surface area contributed by atoms with Crippen LogP contribution in [-0.2, 0) is 30.1 Å². The van der Waals surface area contributed by atoms with Gasteiger partial charge in [0.2, 0.25) is 30.1 Å². The Kier molecular flexibility index (Phi) is 11.4. The molecule has 3 aromatic rings. The molecule has 1 saturated heterocycles. The molecule has 0 spiro atoms. The zero-order chi connectivity index (χ0) is 32.0. The van der Waals surface area contributed by atoms with Crippen LogP contribution in [0.4, 0.5) is 0 Å². The summed E-state index contributed by atoms with van der Waals surface area (Å²) < 4.78 is 87.1. The first-order valence-corrected chi connectivity index (χ1v) is 19.1. The summed E-state index contributed by atoms with van der Waals surface area (Å²) in [6.07, 6.45) is 0.682. The van der Waals surface area contributed by atoms with Crippen molar-refractivity contribution < 1.29 is 25.3 Å². The van der Waals surface area contributed by atoms with Crippen LogP contribution in [0.1, 0.15) is 29.5 Å². The van der Waals surface area contributed by atoms with E-state index in [-0.39, 0.29) is 60.4 Å². The van der Waals surface area contributed by atoms with Crippen molar-refractivity contribution in [1.29, 1.82) is 0 Å². The van der Waals surface area contributed by atoms with Crippen molar-refractivity contribution in [2.24, 2.45) is 0 Å². The average Bonchev–Trinajstić information content (AvgIpc) is 2.98. The maximum atomic E-state index is 14.0. The maximum Gasteiger partial charge on any atom is 0.243 e. The summed E-state index contributed by atoms with van der Waals surface area (Å²) in [5.41, 5.74) is 1.83. The van der Waals surface area contributed by atoms with Gasteiger partial charge in [-0.15, -0.1) is 0 Å². The SMILES string of the molecule is Cc1ccccc1S(=O)(=O)N1CCCN(S(=O)(=O)c2ccccc2C)CCN(S(=O)(=O)c2ccccc2C)CCCNCC1. The van der Waals surface area contributed by atoms with Crippen LogP contribution in [0.15, 0.2) is 87.5 Å². The third-order valence-corrected chi connectivity index (χ3v) is 14.0. The molecule has 1 N–H and O–H groups in total. The van der Waals surface area contributed by atoms with Gasteiger partial charge in [-0.2, -0.15) is 12.9 Å². The first-order chi connectivity index (χ1) is 20.9. The molecule has 0 radical (unpaired) electrons. The lowest BCUT2D eigenvalue weighted by Gasteiger charge is -2.29. The molecular formula is C31H42N4O6S3. The summed E-state index contributed by atoms with van der Waals surface area (Å²) in [6, 6.07) is 20.3. The Morgan fingerprint density at radius 1 is 0.455 bits per heavy atom. The first kappa shape index (κ1) is 34.2. The minimum absolute atomic E-state index is 0.0160. The van der Waals surface area contributed by atoms with E-state index in [1.54, 1.807) is 93.6 Å². The van der Waals surface area contributed by atoms with Gasteiger partial charge in [0.25, 0.3) is 0 Å². The van der Waals surface area contributed by atoms with Crippen LogP contribution in [-0.4, -0.2) is 90.5 Å². The van der Waals surface area contributed by atoms with Crippen LogP contribution in [0.3, 0.4) is 0 Å². The molecule has 0 aliphatic carbocycles. The molecule has 0 unspecified atom stereocenters. The van der Waals surface area contributed by atoms with E-state index in [1.807, 2.05) is 0 Å². The zero-order valence-corrected chi connectivity index (χ0v) is 28.0. The quantitative estimate of drug-likeness (QED) is 0.429. The Morgan fingerprint density at radius 3 is 1.18 bits per heavy atom. The number of nitrogens with zero attached hydrogens (tertiary/aromatic N) is 3. The van der Waals surface area contributed by atoms with Crippen molar-refractivity contribution in [1.82, 2.24) is 18.2 Å². The Morgan fingerprint density at radius 2 is 0.795 bits per heavy atom. The molecule has 0 bridgehead atoms.